The molecule has 3 rings (SSSR count). The first-order valence-corrected chi connectivity index (χ1v) is 12.5. The number of hydrogen-bond donors (Lipinski definition) is 0. The van der Waals surface area contributed by atoms with E-state index in [0.717, 1.165) is 17.1 Å². The van der Waals surface area contributed by atoms with Gasteiger partial charge in [0.1, 0.15) is 0 Å². The van der Waals surface area contributed by atoms with Crippen molar-refractivity contribution in [3.05, 3.63) is 71.8 Å². The second-order valence-electron chi connectivity index (χ2n) is 7.97. The Bertz CT molecular complexity index is 1140. The van der Waals surface area contributed by atoms with Crippen molar-refractivity contribution in [1.29, 1.82) is 0 Å². The number of halogens is 1. The summed E-state index contributed by atoms with van der Waals surface area (Å²) in [6, 6.07) is 12.1. The Hall–Kier alpha value is -2.84. The van der Waals surface area contributed by atoms with E-state index in [1.54, 1.807) is 29.2 Å². The lowest BCUT2D eigenvalue weighted by molar-refractivity contribution is -0.136. The Morgan fingerprint density at radius 2 is 2.00 bits per heavy atom. The number of carbonyl (C=O) groups is 2. The molecule has 0 N–H and O–H groups in total. The van der Waals surface area contributed by atoms with Gasteiger partial charge in [-0.2, -0.15) is 0 Å². The minimum Gasteiger partial charge on any atom is -0.452 e. The molecule has 1 aliphatic heterocycles. The van der Waals surface area contributed by atoms with Gasteiger partial charge in [0.15, 0.2) is 6.61 Å². The highest BCUT2D eigenvalue weighted by molar-refractivity contribution is 7.92. The molecule has 176 valence electrons. The predicted molar refractivity (Wildman–Crippen MR) is 128 cm³/mol. The smallest absolute Gasteiger partial charge is 0.338 e. The van der Waals surface area contributed by atoms with E-state index in [-0.39, 0.29) is 34.5 Å². The number of ether oxygens (including phenoxy) is 1. The molecular weight excluding hydrogens is 464 g/mol. The summed E-state index contributed by atoms with van der Waals surface area (Å²) in [4.78, 5) is 26.5. The zero-order chi connectivity index (χ0) is 24.0. The molecule has 33 heavy (non-hydrogen) atoms. The lowest BCUT2D eigenvalue weighted by atomic mass is 10.0. The van der Waals surface area contributed by atoms with E-state index in [1.165, 1.54) is 30.3 Å². The molecule has 0 bridgehead atoms. The quantitative estimate of drug-likeness (QED) is 0.410. The van der Waals surface area contributed by atoms with Gasteiger partial charge in [0, 0.05) is 13.1 Å². The fourth-order valence-electron chi connectivity index (χ4n) is 3.73. The molecule has 2 aromatic carbocycles. The molecule has 1 unspecified atom stereocenters. The molecule has 0 saturated carbocycles. The van der Waals surface area contributed by atoms with Crippen molar-refractivity contribution in [2.75, 3.05) is 30.5 Å². The van der Waals surface area contributed by atoms with E-state index >= 15 is 0 Å². The molecule has 0 aliphatic carbocycles. The van der Waals surface area contributed by atoms with Crippen molar-refractivity contribution >= 4 is 39.2 Å². The van der Waals surface area contributed by atoms with E-state index < -0.39 is 16.0 Å². The molecule has 0 spiro atoms. The minimum atomic E-state index is -4.05. The second-order valence-corrected chi connectivity index (χ2v) is 10.2. The Morgan fingerprint density at radius 3 is 2.70 bits per heavy atom. The van der Waals surface area contributed by atoms with E-state index in [1.807, 2.05) is 0 Å². The summed E-state index contributed by atoms with van der Waals surface area (Å²) in [6.45, 7) is 6.61. The number of piperidine rings is 1. The molecule has 1 atom stereocenters. The molecule has 1 amide bonds. The fraction of sp³-hybridized carbons (Fsp3) is 0.333. The van der Waals surface area contributed by atoms with Crippen molar-refractivity contribution in [3.8, 4) is 0 Å². The largest absolute Gasteiger partial charge is 0.452 e. The number of amides is 1. The molecule has 1 fully saturated rings. The number of benzene rings is 2. The maximum atomic E-state index is 13.4. The summed E-state index contributed by atoms with van der Waals surface area (Å²) < 4.78 is 33.0. The molecule has 0 aromatic heterocycles. The third-order valence-electron chi connectivity index (χ3n) is 5.41. The molecular formula is C24H27ClN2O5S. The zero-order valence-electron chi connectivity index (χ0n) is 18.4. The summed E-state index contributed by atoms with van der Waals surface area (Å²) in [5, 5.41) is 0.268. The highest BCUT2D eigenvalue weighted by atomic mass is 35.5. The number of anilines is 1. The van der Waals surface area contributed by atoms with Crippen LogP contribution in [0.3, 0.4) is 0 Å². The number of carbonyl (C=O) groups excluding carboxylic acids is 2. The Kier molecular flexibility index (Phi) is 8.15. The molecule has 2 aromatic rings. The Labute approximate surface area is 199 Å². The van der Waals surface area contributed by atoms with Crippen LogP contribution in [-0.4, -0.2) is 51.4 Å². The SMILES string of the molecule is C=CCN(c1ccccc1Cl)S(=O)(=O)c1cccc(C(=O)OCC(=O)N2CCCC(C)C2)c1. The normalized spacial score (nSPS) is 16.2. The van der Waals surface area contributed by atoms with Gasteiger partial charge in [0.05, 0.1) is 27.7 Å². The first kappa shape index (κ1) is 24.8. The average Bonchev–Trinajstić information content (AvgIpc) is 2.81. The summed E-state index contributed by atoms with van der Waals surface area (Å²) in [7, 11) is -4.05. The summed E-state index contributed by atoms with van der Waals surface area (Å²) >= 11 is 6.22. The van der Waals surface area contributed by atoms with Gasteiger partial charge in [-0.1, -0.05) is 42.8 Å². The van der Waals surface area contributed by atoms with Gasteiger partial charge < -0.3 is 9.64 Å². The first-order chi connectivity index (χ1) is 15.7. The maximum absolute atomic E-state index is 13.4. The number of esters is 1. The van der Waals surface area contributed by atoms with Crippen LogP contribution in [0.1, 0.15) is 30.1 Å². The summed E-state index contributed by atoms with van der Waals surface area (Å²) in [5.74, 6) is -0.607. The third-order valence-corrected chi connectivity index (χ3v) is 7.51. The molecule has 1 aliphatic rings. The highest BCUT2D eigenvalue weighted by Gasteiger charge is 2.27. The number of hydrogen-bond acceptors (Lipinski definition) is 5. The van der Waals surface area contributed by atoms with Crippen LogP contribution in [0.15, 0.2) is 66.1 Å². The van der Waals surface area contributed by atoms with Gasteiger partial charge in [-0.25, -0.2) is 13.2 Å². The van der Waals surface area contributed by atoms with Crippen LogP contribution < -0.4 is 4.31 Å². The first-order valence-electron chi connectivity index (χ1n) is 10.7. The number of likely N-dealkylation sites (tertiary alicyclic amines) is 1. The lowest BCUT2D eigenvalue weighted by Gasteiger charge is -2.30. The van der Waals surface area contributed by atoms with E-state index in [9.17, 15) is 18.0 Å². The van der Waals surface area contributed by atoms with Gasteiger partial charge in [-0.15, -0.1) is 6.58 Å². The van der Waals surface area contributed by atoms with Crippen LogP contribution in [0.2, 0.25) is 5.02 Å². The van der Waals surface area contributed by atoms with Gasteiger partial charge in [-0.05, 0) is 49.1 Å². The van der Waals surface area contributed by atoms with Gasteiger partial charge in [-0.3, -0.25) is 9.10 Å². The van der Waals surface area contributed by atoms with Gasteiger partial charge >= 0.3 is 5.97 Å². The maximum Gasteiger partial charge on any atom is 0.338 e. The molecule has 9 heteroatoms. The highest BCUT2D eigenvalue weighted by Crippen LogP contribution is 2.30. The molecule has 1 heterocycles. The molecule has 7 nitrogen and oxygen atoms in total. The number of rotatable bonds is 8. The second kappa shape index (κ2) is 10.9. The summed E-state index contributed by atoms with van der Waals surface area (Å²) in [6.07, 6.45) is 3.45. The fourth-order valence-corrected chi connectivity index (χ4v) is 5.51. The van der Waals surface area contributed by atoms with Crippen LogP contribution >= 0.6 is 11.6 Å². The van der Waals surface area contributed by atoms with Crippen molar-refractivity contribution in [2.24, 2.45) is 5.92 Å². The Morgan fingerprint density at radius 1 is 1.24 bits per heavy atom. The van der Waals surface area contributed by atoms with Gasteiger partial charge in [0.25, 0.3) is 15.9 Å². The topological polar surface area (TPSA) is 84.0 Å². The monoisotopic (exact) mass is 490 g/mol. The molecule has 0 radical (unpaired) electrons. The van der Waals surface area contributed by atoms with E-state index in [4.69, 9.17) is 16.3 Å². The van der Waals surface area contributed by atoms with Crippen LogP contribution in [0.4, 0.5) is 5.69 Å². The minimum absolute atomic E-state index is 0.0104. The van der Waals surface area contributed by atoms with Crippen molar-refractivity contribution < 1.29 is 22.7 Å². The zero-order valence-corrected chi connectivity index (χ0v) is 20.0. The van der Waals surface area contributed by atoms with Crippen molar-refractivity contribution in [2.45, 2.75) is 24.7 Å². The van der Waals surface area contributed by atoms with E-state index in [2.05, 4.69) is 13.5 Å². The van der Waals surface area contributed by atoms with Crippen molar-refractivity contribution in [1.82, 2.24) is 4.90 Å². The average molecular weight is 491 g/mol. The van der Waals surface area contributed by atoms with Crippen LogP contribution in [0.25, 0.3) is 0 Å². The van der Waals surface area contributed by atoms with Crippen molar-refractivity contribution in [3.63, 3.8) is 0 Å². The third kappa shape index (κ3) is 5.94. The number of para-hydroxylation sites is 1. The van der Waals surface area contributed by atoms with E-state index in [0.29, 0.717) is 24.7 Å². The Balaban J connectivity index is 1.77. The number of sulfonamides is 1. The predicted octanol–water partition coefficient (Wildman–Crippen LogP) is 4.14. The van der Waals surface area contributed by atoms with Crippen LogP contribution in [0.5, 0.6) is 0 Å². The van der Waals surface area contributed by atoms with Crippen LogP contribution in [-0.2, 0) is 19.6 Å². The van der Waals surface area contributed by atoms with Crippen LogP contribution in [0, 0.1) is 5.92 Å². The molecule has 1 saturated heterocycles. The lowest BCUT2D eigenvalue weighted by Crippen LogP contribution is -2.41. The van der Waals surface area contributed by atoms with Gasteiger partial charge in [0.2, 0.25) is 0 Å². The number of nitrogens with zero attached hydrogens (tertiary/aromatic N) is 2. The standard InChI is InChI=1S/C24H27ClN2O5S/c1-3-13-27(22-12-5-4-11-21(22)25)33(30,31)20-10-6-9-19(15-20)24(29)32-17-23(28)26-14-7-8-18(2)16-26/h3-6,9-12,15,18H,1,7-8,13-14,16-17H2,2H3. The summed E-state index contributed by atoms with van der Waals surface area (Å²) in [5.41, 5.74) is 0.335.